The van der Waals surface area contributed by atoms with E-state index in [0.717, 1.165) is 12.8 Å². The van der Waals surface area contributed by atoms with Crippen LogP contribution in [-0.4, -0.2) is 39.8 Å². The maximum absolute atomic E-state index is 12.8. The average Bonchev–Trinajstić information content (AvgIpc) is 2.62. The number of carbonyl (C=O) groups is 2. The van der Waals surface area contributed by atoms with Crippen LogP contribution in [0.1, 0.15) is 40.6 Å². The van der Waals surface area contributed by atoms with E-state index in [-0.39, 0.29) is 23.3 Å². The fraction of sp³-hybridized carbons (Fsp3) is 0.333. The van der Waals surface area contributed by atoms with Crippen molar-refractivity contribution in [3.8, 4) is 0 Å². The molecule has 1 aliphatic heterocycles. The number of hydrogen-bond acceptors (Lipinski definition) is 4. The Hall–Kier alpha value is -2.76. The number of rotatable bonds is 3. The van der Waals surface area contributed by atoms with Gasteiger partial charge in [0, 0.05) is 31.0 Å². The monoisotopic (exact) mass is 324 g/mol. The average molecular weight is 324 g/mol. The summed E-state index contributed by atoms with van der Waals surface area (Å²) in [6.07, 6.45) is 5.05. The zero-order chi connectivity index (χ0) is 16.9. The number of carbonyl (C=O) groups excluding carboxylic acids is 2. The summed E-state index contributed by atoms with van der Waals surface area (Å²) in [6.45, 7) is 3.56. The third-order valence-electron chi connectivity index (χ3n) is 4.11. The highest BCUT2D eigenvalue weighted by Gasteiger charge is 2.26. The van der Waals surface area contributed by atoms with Crippen molar-refractivity contribution in [1.29, 1.82) is 0 Å². The van der Waals surface area contributed by atoms with E-state index in [9.17, 15) is 9.59 Å². The minimum atomic E-state index is -0.308. The molecule has 1 saturated heterocycles. The molecule has 0 saturated carbocycles. The molecule has 1 aromatic heterocycles. The van der Waals surface area contributed by atoms with Crippen molar-refractivity contribution in [2.75, 3.05) is 18.4 Å². The van der Waals surface area contributed by atoms with E-state index in [1.807, 2.05) is 6.07 Å². The molecule has 2 aromatic rings. The molecular weight excluding hydrogens is 304 g/mol. The van der Waals surface area contributed by atoms with Crippen molar-refractivity contribution in [3.05, 3.63) is 54.0 Å². The first kappa shape index (κ1) is 16.1. The topological polar surface area (TPSA) is 75.2 Å². The predicted octanol–water partition coefficient (Wildman–Crippen LogP) is 2.60. The normalized spacial score (nSPS) is 17.4. The van der Waals surface area contributed by atoms with Crippen LogP contribution in [0, 0.1) is 5.92 Å². The highest BCUT2D eigenvalue weighted by Crippen LogP contribution is 2.20. The number of likely N-dealkylation sites (tertiary alicyclic amines) is 1. The molecule has 2 amide bonds. The molecule has 1 aromatic carbocycles. The number of anilines is 1. The molecule has 1 N–H and O–H groups in total. The van der Waals surface area contributed by atoms with Crippen molar-refractivity contribution in [2.24, 2.45) is 5.92 Å². The SMILES string of the molecule is C[C@H]1CCCN(C(=O)c2nccnc2NC(=O)c2ccccc2)C1. The van der Waals surface area contributed by atoms with Crippen LogP contribution in [0.25, 0.3) is 0 Å². The molecule has 2 heterocycles. The third kappa shape index (κ3) is 3.59. The minimum Gasteiger partial charge on any atom is -0.337 e. The molecule has 6 nitrogen and oxygen atoms in total. The zero-order valence-electron chi connectivity index (χ0n) is 13.6. The van der Waals surface area contributed by atoms with E-state index >= 15 is 0 Å². The van der Waals surface area contributed by atoms with Gasteiger partial charge in [-0.3, -0.25) is 9.59 Å². The van der Waals surface area contributed by atoms with Crippen molar-refractivity contribution in [2.45, 2.75) is 19.8 Å². The Morgan fingerprint density at radius 1 is 1.17 bits per heavy atom. The van der Waals surface area contributed by atoms with Crippen LogP contribution >= 0.6 is 0 Å². The maximum Gasteiger partial charge on any atom is 0.276 e. The van der Waals surface area contributed by atoms with E-state index < -0.39 is 0 Å². The molecule has 0 radical (unpaired) electrons. The summed E-state index contributed by atoms with van der Waals surface area (Å²) in [5, 5.41) is 2.70. The number of aromatic nitrogens is 2. The van der Waals surface area contributed by atoms with E-state index in [0.29, 0.717) is 24.6 Å². The van der Waals surface area contributed by atoms with Gasteiger partial charge < -0.3 is 10.2 Å². The zero-order valence-corrected chi connectivity index (χ0v) is 13.6. The Morgan fingerprint density at radius 3 is 2.67 bits per heavy atom. The second-order valence-electron chi connectivity index (χ2n) is 6.07. The molecule has 124 valence electrons. The summed E-state index contributed by atoms with van der Waals surface area (Å²) >= 11 is 0. The van der Waals surface area contributed by atoms with Crippen LogP contribution in [0.5, 0.6) is 0 Å². The lowest BCUT2D eigenvalue weighted by atomic mass is 10.00. The number of nitrogens with zero attached hydrogens (tertiary/aromatic N) is 3. The quantitative estimate of drug-likeness (QED) is 0.941. The molecule has 0 spiro atoms. The van der Waals surface area contributed by atoms with Crippen molar-refractivity contribution < 1.29 is 9.59 Å². The highest BCUT2D eigenvalue weighted by molar-refractivity contribution is 6.07. The van der Waals surface area contributed by atoms with Crippen molar-refractivity contribution in [1.82, 2.24) is 14.9 Å². The largest absolute Gasteiger partial charge is 0.337 e. The standard InChI is InChI=1S/C18H20N4O2/c1-13-6-5-11-22(12-13)18(24)15-16(20-10-9-19-15)21-17(23)14-7-3-2-4-8-14/h2-4,7-10,13H,5-6,11-12H2,1H3,(H,20,21,23)/t13-/m0/s1. The Kier molecular flexibility index (Phi) is 4.84. The summed E-state index contributed by atoms with van der Waals surface area (Å²) in [6, 6.07) is 8.82. The van der Waals surface area contributed by atoms with Gasteiger partial charge in [-0.15, -0.1) is 0 Å². The molecule has 0 unspecified atom stereocenters. The molecule has 1 aliphatic rings. The van der Waals surface area contributed by atoms with Gasteiger partial charge in [-0.05, 0) is 30.9 Å². The Bertz CT molecular complexity index is 733. The number of amides is 2. The van der Waals surface area contributed by atoms with E-state index in [4.69, 9.17) is 0 Å². The maximum atomic E-state index is 12.8. The Morgan fingerprint density at radius 2 is 1.92 bits per heavy atom. The van der Waals surface area contributed by atoms with E-state index in [1.165, 1.54) is 12.4 Å². The van der Waals surface area contributed by atoms with Gasteiger partial charge >= 0.3 is 0 Å². The first-order valence-electron chi connectivity index (χ1n) is 8.12. The molecule has 3 rings (SSSR count). The molecule has 0 bridgehead atoms. The second-order valence-corrected chi connectivity index (χ2v) is 6.07. The van der Waals surface area contributed by atoms with Gasteiger partial charge in [0.2, 0.25) is 0 Å². The van der Waals surface area contributed by atoms with Crippen LogP contribution in [0.3, 0.4) is 0 Å². The summed E-state index contributed by atoms with van der Waals surface area (Å²) in [5.74, 6) is 0.187. The molecule has 1 fully saturated rings. The lowest BCUT2D eigenvalue weighted by Crippen LogP contribution is -2.40. The molecule has 1 atom stereocenters. The van der Waals surface area contributed by atoms with Gasteiger partial charge in [0.15, 0.2) is 11.5 Å². The van der Waals surface area contributed by atoms with E-state index in [2.05, 4.69) is 22.2 Å². The number of hydrogen-bond donors (Lipinski definition) is 1. The number of piperidine rings is 1. The minimum absolute atomic E-state index is 0.182. The van der Waals surface area contributed by atoms with Gasteiger partial charge in [-0.25, -0.2) is 9.97 Å². The molecule has 24 heavy (non-hydrogen) atoms. The van der Waals surface area contributed by atoms with Gasteiger partial charge in [0.05, 0.1) is 0 Å². The number of nitrogens with one attached hydrogen (secondary N) is 1. The van der Waals surface area contributed by atoms with Crippen molar-refractivity contribution in [3.63, 3.8) is 0 Å². The smallest absolute Gasteiger partial charge is 0.276 e. The summed E-state index contributed by atoms with van der Waals surface area (Å²) in [5.41, 5.74) is 0.698. The van der Waals surface area contributed by atoms with Gasteiger partial charge in [0.25, 0.3) is 11.8 Å². The van der Waals surface area contributed by atoms with Crippen LogP contribution in [0.2, 0.25) is 0 Å². The first-order chi connectivity index (χ1) is 11.6. The van der Waals surface area contributed by atoms with Gasteiger partial charge in [-0.2, -0.15) is 0 Å². The Balaban J connectivity index is 1.80. The molecular formula is C18H20N4O2. The first-order valence-corrected chi connectivity index (χ1v) is 8.12. The fourth-order valence-electron chi connectivity index (χ4n) is 2.88. The predicted molar refractivity (Wildman–Crippen MR) is 90.7 cm³/mol. The van der Waals surface area contributed by atoms with Crippen LogP contribution in [0.4, 0.5) is 5.82 Å². The second kappa shape index (κ2) is 7.21. The fourth-order valence-corrected chi connectivity index (χ4v) is 2.88. The highest BCUT2D eigenvalue weighted by atomic mass is 16.2. The van der Waals surface area contributed by atoms with Crippen molar-refractivity contribution >= 4 is 17.6 Å². The summed E-state index contributed by atoms with van der Waals surface area (Å²) in [4.78, 5) is 35.2. The summed E-state index contributed by atoms with van der Waals surface area (Å²) < 4.78 is 0. The van der Waals surface area contributed by atoms with Crippen LogP contribution < -0.4 is 5.32 Å². The lowest BCUT2D eigenvalue weighted by molar-refractivity contribution is 0.0678. The van der Waals surface area contributed by atoms with Crippen LogP contribution in [-0.2, 0) is 0 Å². The third-order valence-corrected chi connectivity index (χ3v) is 4.11. The number of benzene rings is 1. The van der Waals surface area contributed by atoms with Gasteiger partial charge in [0.1, 0.15) is 0 Å². The van der Waals surface area contributed by atoms with Gasteiger partial charge in [-0.1, -0.05) is 25.1 Å². The van der Waals surface area contributed by atoms with E-state index in [1.54, 1.807) is 29.2 Å². The molecule has 0 aliphatic carbocycles. The summed E-state index contributed by atoms with van der Waals surface area (Å²) in [7, 11) is 0. The lowest BCUT2D eigenvalue weighted by Gasteiger charge is -2.30. The van der Waals surface area contributed by atoms with Crippen LogP contribution in [0.15, 0.2) is 42.7 Å². The molecule has 6 heteroatoms. The Labute approximate surface area is 140 Å².